The molecular weight excluding hydrogens is 477 g/mol. The van der Waals surface area contributed by atoms with Crippen LogP contribution < -0.4 is 14.8 Å². The molecule has 10 nitrogen and oxygen atoms in total. The van der Waals surface area contributed by atoms with E-state index in [-0.39, 0.29) is 34.8 Å². The van der Waals surface area contributed by atoms with Crippen molar-refractivity contribution in [1.82, 2.24) is 14.8 Å². The minimum Gasteiger partial charge on any atom is -0.495 e. The number of nitrogens with one attached hydrogen (secondary N) is 1. The van der Waals surface area contributed by atoms with Crippen molar-refractivity contribution in [1.29, 1.82) is 0 Å². The predicted molar refractivity (Wildman–Crippen MR) is 129 cm³/mol. The zero-order chi connectivity index (χ0) is 25.5. The maximum Gasteiger partial charge on any atom is 0.271 e. The van der Waals surface area contributed by atoms with Gasteiger partial charge in [-0.3, -0.25) is 14.9 Å². The Labute approximate surface area is 206 Å². The summed E-state index contributed by atoms with van der Waals surface area (Å²) in [5.74, 6) is 0.910. The Kier molecular flexibility index (Phi) is 8.63. The minimum atomic E-state index is -0.547. The average Bonchev–Trinajstić information content (AvgIpc) is 3.21. The summed E-state index contributed by atoms with van der Waals surface area (Å²) in [6.45, 7) is 6.51. The molecule has 186 valence electrons. The number of hydrogen-bond acceptors (Lipinski definition) is 8. The van der Waals surface area contributed by atoms with E-state index in [1.54, 1.807) is 0 Å². The van der Waals surface area contributed by atoms with Gasteiger partial charge in [-0.1, -0.05) is 25.6 Å². The lowest BCUT2D eigenvalue weighted by atomic mass is 10.2. The van der Waals surface area contributed by atoms with Crippen LogP contribution in [0.1, 0.15) is 32.7 Å². The molecule has 3 aromatic rings. The van der Waals surface area contributed by atoms with Gasteiger partial charge in [-0.15, -0.1) is 10.2 Å². The molecule has 12 heteroatoms. The van der Waals surface area contributed by atoms with Crippen molar-refractivity contribution in [3.05, 3.63) is 64.2 Å². The van der Waals surface area contributed by atoms with Crippen molar-refractivity contribution >= 4 is 29.0 Å². The molecule has 2 aromatic carbocycles. The Bertz CT molecular complexity index is 1190. The average molecular weight is 504 g/mol. The molecule has 0 spiro atoms. The lowest BCUT2D eigenvalue weighted by molar-refractivity contribution is -0.384. The molecule has 0 bridgehead atoms. The number of thioether (sulfide) groups is 1. The van der Waals surface area contributed by atoms with E-state index in [2.05, 4.69) is 15.5 Å². The Morgan fingerprint density at radius 3 is 2.54 bits per heavy atom. The summed E-state index contributed by atoms with van der Waals surface area (Å²) < 4.78 is 26.2. The highest BCUT2D eigenvalue weighted by molar-refractivity contribution is 7.99. The number of aromatic nitrogens is 3. The quantitative estimate of drug-likeness (QED) is 0.224. The molecule has 0 radical (unpaired) electrons. The lowest BCUT2D eigenvalue weighted by Crippen LogP contribution is -2.17. The SMILES string of the molecule is COc1ccc([N+](=O)[O-])cc1NC(=O)CSc1nnc(C(C)Oc2ccc(F)cc2)n1CC(C)C. The van der Waals surface area contributed by atoms with Gasteiger partial charge in [0.1, 0.15) is 17.3 Å². The number of carbonyl (C=O) groups excluding carboxylic acids is 1. The third-order valence-corrected chi connectivity index (χ3v) is 5.75. The number of ether oxygens (including phenoxy) is 2. The second-order valence-corrected chi connectivity index (χ2v) is 8.98. The Hall–Kier alpha value is -3.67. The number of nitro groups is 1. The standard InChI is InChI=1S/C23H26FN5O5S/c1-14(2)12-28-22(15(3)34-18-8-5-16(24)6-9-18)26-27-23(28)35-13-21(30)25-19-11-17(29(31)32)7-10-20(19)33-4/h5-11,14-15H,12-13H2,1-4H3,(H,25,30). The summed E-state index contributed by atoms with van der Waals surface area (Å²) in [7, 11) is 1.41. The third-order valence-electron chi connectivity index (χ3n) is 4.78. The summed E-state index contributed by atoms with van der Waals surface area (Å²) >= 11 is 1.18. The zero-order valence-electron chi connectivity index (χ0n) is 19.7. The molecule has 0 fully saturated rings. The molecule has 0 aliphatic heterocycles. The van der Waals surface area contributed by atoms with E-state index in [0.29, 0.717) is 29.0 Å². The predicted octanol–water partition coefficient (Wildman–Crippen LogP) is 4.86. The maximum atomic E-state index is 13.2. The fourth-order valence-electron chi connectivity index (χ4n) is 3.24. The number of benzene rings is 2. The summed E-state index contributed by atoms with van der Waals surface area (Å²) in [5, 5.41) is 22.8. The van der Waals surface area contributed by atoms with Crippen LogP contribution in [-0.2, 0) is 11.3 Å². The summed E-state index contributed by atoms with van der Waals surface area (Å²) in [5.41, 5.74) is 0.0446. The number of nitro benzene ring substituents is 1. The van der Waals surface area contributed by atoms with Crippen LogP contribution in [0.5, 0.6) is 11.5 Å². The van der Waals surface area contributed by atoms with Crippen LogP contribution in [0.15, 0.2) is 47.6 Å². The van der Waals surface area contributed by atoms with Crippen LogP contribution in [0.3, 0.4) is 0 Å². The molecule has 1 unspecified atom stereocenters. The topological polar surface area (TPSA) is 121 Å². The highest BCUT2D eigenvalue weighted by Gasteiger charge is 2.21. The van der Waals surface area contributed by atoms with Gasteiger partial charge in [0.05, 0.1) is 23.5 Å². The second kappa shape index (κ2) is 11.6. The smallest absolute Gasteiger partial charge is 0.271 e. The molecular formula is C23H26FN5O5S. The molecule has 1 aromatic heterocycles. The Morgan fingerprint density at radius 2 is 1.91 bits per heavy atom. The van der Waals surface area contributed by atoms with Crippen molar-refractivity contribution in [2.75, 3.05) is 18.2 Å². The summed E-state index contributed by atoms with van der Waals surface area (Å²) in [6.07, 6.45) is -0.469. The van der Waals surface area contributed by atoms with Gasteiger partial charge in [0.2, 0.25) is 5.91 Å². The molecule has 0 aliphatic rings. The van der Waals surface area contributed by atoms with Crippen molar-refractivity contribution in [2.24, 2.45) is 5.92 Å². The maximum absolute atomic E-state index is 13.2. The first kappa shape index (κ1) is 25.9. The van der Waals surface area contributed by atoms with Crippen LogP contribution in [0.4, 0.5) is 15.8 Å². The van der Waals surface area contributed by atoms with Crippen LogP contribution in [-0.4, -0.2) is 38.5 Å². The van der Waals surface area contributed by atoms with E-state index in [1.807, 2.05) is 25.3 Å². The van der Waals surface area contributed by atoms with E-state index in [1.165, 1.54) is 61.3 Å². The number of amides is 1. The number of non-ortho nitro benzene ring substituents is 1. The fourth-order valence-corrected chi connectivity index (χ4v) is 3.99. The van der Waals surface area contributed by atoms with E-state index < -0.39 is 11.0 Å². The van der Waals surface area contributed by atoms with Gasteiger partial charge in [-0.25, -0.2) is 4.39 Å². The van der Waals surface area contributed by atoms with Crippen LogP contribution in [0.2, 0.25) is 0 Å². The van der Waals surface area contributed by atoms with E-state index in [0.717, 1.165) is 0 Å². The zero-order valence-corrected chi connectivity index (χ0v) is 20.5. The first-order valence-electron chi connectivity index (χ1n) is 10.8. The number of hydrogen-bond donors (Lipinski definition) is 1. The molecule has 0 saturated carbocycles. The first-order chi connectivity index (χ1) is 16.7. The number of carbonyl (C=O) groups is 1. The van der Waals surface area contributed by atoms with Gasteiger partial charge >= 0.3 is 0 Å². The third kappa shape index (κ3) is 6.92. The number of rotatable bonds is 11. The molecule has 1 heterocycles. The minimum absolute atomic E-state index is 0.00469. The van der Waals surface area contributed by atoms with Crippen molar-refractivity contribution < 1.29 is 23.6 Å². The van der Waals surface area contributed by atoms with Crippen LogP contribution in [0, 0.1) is 21.8 Å². The molecule has 1 amide bonds. The Balaban J connectivity index is 1.72. The summed E-state index contributed by atoms with van der Waals surface area (Å²) in [6, 6.07) is 9.68. The van der Waals surface area contributed by atoms with Gasteiger partial charge in [0.15, 0.2) is 17.1 Å². The van der Waals surface area contributed by atoms with Gasteiger partial charge in [-0.2, -0.15) is 0 Å². The number of methoxy groups -OCH3 is 1. The number of halogens is 1. The van der Waals surface area contributed by atoms with E-state index >= 15 is 0 Å². The summed E-state index contributed by atoms with van der Waals surface area (Å²) in [4.78, 5) is 23.1. The fraction of sp³-hybridized carbons (Fsp3) is 0.348. The van der Waals surface area contributed by atoms with E-state index in [4.69, 9.17) is 9.47 Å². The van der Waals surface area contributed by atoms with Gasteiger partial charge in [0.25, 0.3) is 5.69 Å². The highest BCUT2D eigenvalue weighted by atomic mass is 32.2. The second-order valence-electron chi connectivity index (χ2n) is 8.04. The monoisotopic (exact) mass is 503 g/mol. The largest absolute Gasteiger partial charge is 0.495 e. The normalized spacial score (nSPS) is 11.8. The van der Waals surface area contributed by atoms with Gasteiger partial charge in [-0.05, 0) is 43.2 Å². The molecule has 0 aliphatic carbocycles. The van der Waals surface area contributed by atoms with Gasteiger partial charge in [0, 0.05) is 18.7 Å². The molecule has 1 atom stereocenters. The van der Waals surface area contributed by atoms with Crippen molar-refractivity contribution in [3.8, 4) is 11.5 Å². The highest BCUT2D eigenvalue weighted by Crippen LogP contribution is 2.30. The first-order valence-corrected chi connectivity index (χ1v) is 11.8. The van der Waals surface area contributed by atoms with E-state index in [9.17, 15) is 19.3 Å². The Morgan fingerprint density at radius 1 is 1.20 bits per heavy atom. The molecule has 35 heavy (non-hydrogen) atoms. The molecule has 1 N–H and O–H groups in total. The van der Waals surface area contributed by atoms with Crippen molar-refractivity contribution in [3.63, 3.8) is 0 Å². The van der Waals surface area contributed by atoms with Crippen LogP contribution in [0.25, 0.3) is 0 Å². The molecule has 3 rings (SSSR count). The molecule has 0 saturated heterocycles. The van der Waals surface area contributed by atoms with Crippen LogP contribution >= 0.6 is 11.8 Å². The lowest BCUT2D eigenvalue weighted by Gasteiger charge is -2.18. The van der Waals surface area contributed by atoms with Gasteiger partial charge < -0.3 is 19.4 Å². The number of nitrogens with zero attached hydrogens (tertiary/aromatic N) is 4. The van der Waals surface area contributed by atoms with Crippen molar-refractivity contribution in [2.45, 2.75) is 38.6 Å². The number of anilines is 1.